The molecule has 11 heteroatoms. The van der Waals surface area contributed by atoms with E-state index >= 15 is 0 Å². The number of carbonyl (C=O) groups excluding carboxylic acids is 2. The van der Waals surface area contributed by atoms with Crippen LogP contribution in [-0.4, -0.2) is 36.1 Å². The van der Waals surface area contributed by atoms with Crippen molar-refractivity contribution in [3.05, 3.63) is 81.1 Å². The highest BCUT2D eigenvalue weighted by Gasteiger charge is 2.14. The Morgan fingerprint density at radius 1 is 1.18 bits per heavy atom. The van der Waals surface area contributed by atoms with Gasteiger partial charge in [0.25, 0.3) is 17.5 Å². The lowest BCUT2D eigenvalue weighted by Crippen LogP contribution is -2.37. The summed E-state index contributed by atoms with van der Waals surface area (Å²) >= 11 is 6.10. The van der Waals surface area contributed by atoms with Gasteiger partial charge in [-0.2, -0.15) is 5.10 Å². The van der Waals surface area contributed by atoms with Gasteiger partial charge in [0, 0.05) is 17.7 Å². The van der Waals surface area contributed by atoms with Gasteiger partial charge in [-0.15, -0.1) is 0 Å². The second-order valence-electron chi connectivity index (χ2n) is 6.75. The molecule has 2 N–H and O–H groups in total. The zero-order chi connectivity index (χ0) is 23.8. The topological polar surface area (TPSA) is 136 Å². The van der Waals surface area contributed by atoms with Crippen molar-refractivity contribution in [1.29, 1.82) is 0 Å². The molecule has 2 amide bonds. The number of non-ortho nitro benzene ring substituents is 1. The highest BCUT2D eigenvalue weighted by Crippen LogP contribution is 2.32. The number of hydrogen-bond donors (Lipinski definition) is 2. The van der Waals surface area contributed by atoms with E-state index in [0.29, 0.717) is 17.1 Å². The number of para-hydroxylation sites is 1. The number of amides is 2. The van der Waals surface area contributed by atoms with Crippen molar-refractivity contribution in [1.82, 2.24) is 10.7 Å². The molecule has 0 atom stereocenters. The van der Waals surface area contributed by atoms with Gasteiger partial charge in [0.15, 0.2) is 6.61 Å². The van der Waals surface area contributed by atoms with Gasteiger partial charge in [0.2, 0.25) is 0 Å². The van der Waals surface area contributed by atoms with Crippen molar-refractivity contribution in [2.75, 3.05) is 13.2 Å². The number of nitro benzene ring substituents is 1. The molecule has 0 radical (unpaired) electrons. The third kappa shape index (κ3) is 6.65. The van der Waals surface area contributed by atoms with E-state index in [4.69, 9.17) is 20.8 Å². The molecule has 0 saturated carbocycles. The lowest BCUT2D eigenvalue weighted by molar-refractivity contribution is -0.384. The van der Waals surface area contributed by atoms with Crippen LogP contribution in [0, 0.1) is 17.0 Å². The SMILES string of the molecule is Cc1ccccc1OCC(=O)NCC(=O)N/N=C\c1ccc(-c2cc([N+](=O)[O-])ccc2Cl)o1. The van der Waals surface area contributed by atoms with E-state index in [1.165, 1.54) is 24.4 Å². The number of rotatable bonds is 9. The van der Waals surface area contributed by atoms with Crippen LogP contribution in [0.15, 0.2) is 64.1 Å². The van der Waals surface area contributed by atoms with E-state index in [-0.39, 0.29) is 29.6 Å². The fourth-order valence-corrected chi connectivity index (χ4v) is 2.89. The highest BCUT2D eigenvalue weighted by atomic mass is 35.5. The second kappa shape index (κ2) is 10.9. The molecule has 1 aromatic heterocycles. The van der Waals surface area contributed by atoms with Crippen LogP contribution in [0.2, 0.25) is 5.02 Å². The number of hydrogen-bond acceptors (Lipinski definition) is 7. The van der Waals surface area contributed by atoms with Crippen LogP contribution in [0.25, 0.3) is 11.3 Å². The minimum Gasteiger partial charge on any atom is -0.484 e. The molecule has 0 bridgehead atoms. The van der Waals surface area contributed by atoms with Gasteiger partial charge in [-0.05, 0) is 36.8 Å². The van der Waals surface area contributed by atoms with E-state index in [1.54, 1.807) is 24.3 Å². The van der Waals surface area contributed by atoms with Crippen LogP contribution < -0.4 is 15.5 Å². The Hall–Kier alpha value is -4.18. The molecular weight excluding hydrogens is 452 g/mol. The zero-order valence-corrected chi connectivity index (χ0v) is 18.2. The molecule has 0 saturated heterocycles. The highest BCUT2D eigenvalue weighted by molar-refractivity contribution is 6.33. The first-order valence-electron chi connectivity index (χ1n) is 9.64. The van der Waals surface area contributed by atoms with Crippen LogP contribution in [0.3, 0.4) is 0 Å². The largest absolute Gasteiger partial charge is 0.484 e. The van der Waals surface area contributed by atoms with Gasteiger partial charge in [0.1, 0.15) is 17.3 Å². The summed E-state index contributed by atoms with van der Waals surface area (Å²) in [5.74, 6) is 0.165. The smallest absolute Gasteiger partial charge is 0.270 e. The maximum absolute atomic E-state index is 11.8. The quantitative estimate of drug-likeness (QED) is 0.279. The maximum atomic E-state index is 11.8. The molecule has 170 valence electrons. The molecule has 0 fully saturated rings. The van der Waals surface area contributed by atoms with Crippen molar-refractivity contribution in [3.63, 3.8) is 0 Å². The van der Waals surface area contributed by atoms with Crippen LogP contribution in [0.1, 0.15) is 11.3 Å². The normalized spacial score (nSPS) is 10.7. The molecule has 0 aliphatic carbocycles. The Kier molecular flexibility index (Phi) is 7.77. The average molecular weight is 471 g/mol. The summed E-state index contributed by atoms with van der Waals surface area (Å²) in [6, 6.07) is 14.4. The Balaban J connectivity index is 1.47. The van der Waals surface area contributed by atoms with Gasteiger partial charge in [-0.3, -0.25) is 19.7 Å². The Morgan fingerprint density at radius 2 is 1.97 bits per heavy atom. The van der Waals surface area contributed by atoms with E-state index in [2.05, 4.69) is 15.8 Å². The summed E-state index contributed by atoms with van der Waals surface area (Å²) in [4.78, 5) is 34.1. The Labute approximate surface area is 193 Å². The number of nitrogens with zero attached hydrogens (tertiary/aromatic N) is 2. The van der Waals surface area contributed by atoms with Gasteiger partial charge in [0.05, 0.1) is 22.7 Å². The summed E-state index contributed by atoms with van der Waals surface area (Å²) < 4.78 is 11.0. The van der Waals surface area contributed by atoms with Crippen molar-refractivity contribution in [2.45, 2.75) is 6.92 Å². The molecule has 10 nitrogen and oxygen atoms in total. The number of carbonyl (C=O) groups is 2. The number of hydrazone groups is 1. The summed E-state index contributed by atoms with van der Waals surface area (Å²) in [6.45, 7) is 1.34. The molecule has 2 aromatic carbocycles. The number of furan rings is 1. The molecule has 1 heterocycles. The summed E-state index contributed by atoms with van der Waals surface area (Å²) in [5, 5.41) is 17.4. The zero-order valence-electron chi connectivity index (χ0n) is 17.4. The predicted molar refractivity (Wildman–Crippen MR) is 121 cm³/mol. The molecule has 0 unspecified atom stereocenters. The standard InChI is InChI=1S/C22H19ClN4O6/c1-14-4-2-3-5-19(14)32-13-22(29)24-12-21(28)26-25-11-16-7-9-20(33-16)17-10-15(27(30)31)6-8-18(17)23/h2-11H,12-13H2,1H3,(H,24,29)(H,26,28)/b25-11-. The summed E-state index contributed by atoms with van der Waals surface area (Å²) in [5.41, 5.74) is 3.37. The van der Waals surface area contributed by atoms with Gasteiger partial charge in [-0.25, -0.2) is 5.43 Å². The van der Waals surface area contributed by atoms with Crippen molar-refractivity contribution in [2.24, 2.45) is 5.10 Å². The van der Waals surface area contributed by atoms with Gasteiger partial charge < -0.3 is 14.5 Å². The minimum atomic E-state index is -0.552. The van der Waals surface area contributed by atoms with Gasteiger partial charge in [-0.1, -0.05) is 29.8 Å². The number of nitrogens with one attached hydrogen (secondary N) is 2. The monoisotopic (exact) mass is 470 g/mol. The molecule has 0 aliphatic heterocycles. The van der Waals surface area contributed by atoms with Crippen molar-refractivity contribution >= 4 is 35.3 Å². The van der Waals surface area contributed by atoms with Crippen LogP contribution in [-0.2, 0) is 9.59 Å². The predicted octanol–water partition coefficient (Wildman–Crippen LogP) is 3.46. The third-order valence-corrected chi connectivity index (χ3v) is 4.66. The summed E-state index contributed by atoms with van der Waals surface area (Å²) in [6.07, 6.45) is 1.25. The molecule has 3 rings (SSSR count). The lowest BCUT2D eigenvalue weighted by Gasteiger charge is -2.08. The number of ether oxygens (including phenoxy) is 1. The van der Waals surface area contributed by atoms with Crippen LogP contribution in [0.4, 0.5) is 5.69 Å². The van der Waals surface area contributed by atoms with Gasteiger partial charge >= 0.3 is 0 Å². The number of aryl methyl sites for hydroxylation is 1. The number of halogens is 1. The fourth-order valence-electron chi connectivity index (χ4n) is 2.68. The van der Waals surface area contributed by atoms with Crippen molar-refractivity contribution in [3.8, 4) is 17.1 Å². The first-order chi connectivity index (χ1) is 15.8. The minimum absolute atomic E-state index is 0.125. The fraction of sp³-hybridized carbons (Fsp3) is 0.136. The van der Waals surface area contributed by atoms with E-state index < -0.39 is 16.7 Å². The third-order valence-electron chi connectivity index (χ3n) is 4.33. The van der Waals surface area contributed by atoms with E-state index in [0.717, 1.165) is 5.56 Å². The van der Waals surface area contributed by atoms with Crippen LogP contribution in [0.5, 0.6) is 5.75 Å². The lowest BCUT2D eigenvalue weighted by atomic mass is 10.1. The van der Waals surface area contributed by atoms with E-state index in [9.17, 15) is 19.7 Å². The molecule has 0 aliphatic rings. The van der Waals surface area contributed by atoms with Crippen LogP contribution >= 0.6 is 11.6 Å². The first kappa shape index (κ1) is 23.5. The molecule has 0 spiro atoms. The van der Waals surface area contributed by atoms with Crippen molar-refractivity contribution < 1.29 is 23.7 Å². The number of nitro groups is 1. The average Bonchev–Trinajstić information content (AvgIpc) is 3.26. The first-order valence-corrected chi connectivity index (χ1v) is 10.0. The number of benzene rings is 2. The molecule has 3 aromatic rings. The Bertz CT molecular complexity index is 1210. The van der Waals surface area contributed by atoms with E-state index in [1.807, 2.05) is 19.1 Å². The summed E-state index contributed by atoms with van der Waals surface area (Å²) in [7, 11) is 0. The maximum Gasteiger partial charge on any atom is 0.270 e. The Morgan fingerprint density at radius 3 is 2.73 bits per heavy atom. The molecular formula is C22H19ClN4O6. The second-order valence-corrected chi connectivity index (χ2v) is 7.15. The molecule has 33 heavy (non-hydrogen) atoms.